The number of methoxy groups -OCH3 is 1. The molecule has 3 heteroatoms. The lowest BCUT2D eigenvalue weighted by molar-refractivity contribution is -0.134. The van der Waals surface area contributed by atoms with Crippen molar-refractivity contribution in [3.8, 4) is 0 Å². The summed E-state index contributed by atoms with van der Waals surface area (Å²) in [7, 11) is 1.27. The number of aryl methyl sites for hydroxylation is 1. The first-order valence-corrected chi connectivity index (χ1v) is 5.06. The summed E-state index contributed by atoms with van der Waals surface area (Å²) in [5, 5.41) is 0. The fourth-order valence-corrected chi connectivity index (χ4v) is 1.21. The quantitative estimate of drug-likeness (QED) is 0.442. The number of hydrogen-bond acceptors (Lipinski definition) is 3. The molecule has 0 aliphatic rings. The van der Waals surface area contributed by atoms with E-state index in [0.717, 1.165) is 12.5 Å². The molecule has 0 N–H and O–H groups in total. The van der Waals surface area contributed by atoms with Gasteiger partial charge in [-0.05, 0) is 18.1 Å². The maximum Gasteiger partial charge on any atom is 0.330 e. The van der Waals surface area contributed by atoms with Crippen LogP contribution in [0.1, 0.15) is 22.8 Å². The maximum absolute atomic E-state index is 11.6. The standard InChI is InChI=1S/C13H14O3/c1-3-10-4-6-11(7-5-10)12(14)8-9-13(15)16-2/h4-9H,3H2,1-2H3/b9-8+. The van der Waals surface area contributed by atoms with Gasteiger partial charge in [0.25, 0.3) is 0 Å². The Labute approximate surface area is 94.7 Å². The summed E-state index contributed by atoms with van der Waals surface area (Å²) in [6.07, 6.45) is 3.27. The summed E-state index contributed by atoms with van der Waals surface area (Å²) >= 11 is 0. The van der Waals surface area contributed by atoms with E-state index in [9.17, 15) is 9.59 Å². The first-order valence-electron chi connectivity index (χ1n) is 5.06. The predicted octanol–water partition coefficient (Wildman–Crippen LogP) is 2.16. The monoisotopic (exact) mass is 218 g/mol. The molecule has 0 aliphatic carbocycles. The van der Waals surface area contributed by atoms with Gasteiger partial charge in [-0.3, -0.25) is 4.79 Å². The van der Waals surface area contributed by atoms with Crippen molar-refractivity contribution in [3.05, 3.63) is 47.5 Å². The van der Waals surface area contributed by atoms with Gasteiger partial charge in [0, 0.05) is 11.6 Å². The normalized spacial score (nSPS) is 10.4. The van der Waals surface area contributed by atoms with Crippen LogP contribution in [-0.4, -0.2) is 18.9 Å². The van der Waals surface area contributed by atoms with E-state index in [2.05, 4.69) is 4.74 Å². The van der Waals surface area contributed by atoms with Gasteiger partial charge in [0.15, 0.2) is 5.78 Å². The number of carbonyl (C=O) groups is 2. The molecule has 1 rings (SSSR count). The highest BCUT2D eigenvalue weighted by molar-refractivity contribution is 6.06. The molecule has 0 heterocycles. The van der Waals surface area contributed by atoms with E-state index in [0.29, 0.717) is 5.56 Å². The van der Waals surface area contributed by atoms with E-state index < -0.39 is 5.97 Å². The lowest BCUT2D eigenvalue weighted by Crippen LogP contribution is -1.99. The van der Waals surface area contributed by atoms with Gasteiger partial charge in [0.1, 0.15) is 0 Å². The molecule has 0 amide bonds. The van der Waals surface area contributed by atoms with Crippen LogP contribution in [0.2, 0.25) is 0 Å². The van der Waals surface area contributed by atoms with Crippen molar-refractivity contribution in [2.24, 2.45) is 0 Å². The zero-order chi connectivity index (χ0) is 12.0. The molecule has 16 heavy (non-hydrogen) atoms. The molecule has 0 unspecified atom stereocenters. The van der Waals surface area contributed by atoms with Crippen molar-refractivity contribution in [1.29, 1.82) is 0 Å². The molecule has 3 nitrogen and oxygen atoms in total. The minimum atomic E-state index is -0.529. The number of ether oxygens (including phenoxy) is 1. The second-order valence-corrected chi connectivity index (χ2v) is 3.27. The number of rotatable bonds is 4. The Morgan fingerprint density at radius 3 is 2.31 bits per heavy atom. The number of carbonyl (C=O) groups excluding carboxylic acids is 2. The second kappa shape index (κ2) is 5.85. The predicted molar refractivity (Wildman–Crippen MR) is 61.3 cm³/mol. The first-order chi connectivity index (χ1) is 7.67. The van der Waals surface area contributed by atoms with Crippen molar-refractivity contribution in [3.63, 3.8) is 0 Å². The fraction of sp³-hybridized carbons (Fsp3) is 0.231. The van der Waals surface area contributed by atoms with Crippen LogP contribution in [0.5, 0.6) is 0 Å². The van der Waals surface area contributed by atoms with E-state index in [1.807, 2.05) is 19.1 Å². The van der Waals surface area contributed by atoms with Crippen molar-refractivity contribution < 1.29 is 14.3 Å². The smallest absolute Gasteiger partial charge is 0.330 e. The minimum absolute atomic E-state index is 0.201. The van der Waals surface area contributed by atoms with E-state index in [1.165, 1.54) is 18.7 Å². The molecule has 1 aromatic carbocycles. The van der Waals surface area contributed by atoms with Crippen molar-refractivity contribution in [2.75, 3.05) is 7.11 Å². The van der Waals surface area contributed by atoms with Crippen LogP contribution in [0.25, 0.3) is 0 Å². The molecule has 0 bridgehead atoms. The van der Waals surface area contributed by atoms with E-state index >= 15 is 0 Å². The molecule has 0 aromatic heterocycles. The van der Waals surface area contributed by atoms with Gasteiger partial charge in [-0.25, -0.2) is 4.79 Å². The summed E-state index contributed by atoms with van der Waals surface area (Å²) in [5.41, 5.74) is 1.74. The first kappa shape index (κ1) is 12.2. The van der Waals surface area contributed by atoms with Gasteiger partial charge in [-0.1, -0.05) is 31.2 Å². The lowest BCUT2D eigenvalue weighted by Gasteiger charge is -1.98. The highest BCUT2D eigenvalue weighted by Gasteiger charge is 2.02. The summed E-state index contributed by atoms with van der Waals surface area (Å²) in [4.78, 5) is 22.4. The van der Waals surface area contributed by atoms with Gasteiger partial charge in [0.05, 0.1) is 7.11 Å². The average Bonchev–Trinajstić information content (AvgIpc) is 2.35. The molecular formula is C13H14O3. The molecule has 0 fully saturated rings. The van der Waals surface area contributed by atoms with E-state index in [4.69, 9.17) is 0 Å². The largest absolute Gasteiger partial charge is 0.466 e. The summed E-state index contributed by atoms with van der Waals surface area (Å²) in [6, 6.07) is 7.31. The molecule has 0 radical (unpaired) electrons. The Morgan fingerprint density at radius 1 is 1.19 bits per heavy atom. The third-order valence-electron chi connectivity index (χ3n) is 2.22. The molecule has 0 aliphatic heterocycles. The molecule has 0 spiro atoms. The summed E-state index contributed by atoms with van der Waals surface area (Å²) in [6.45, 7) is 2.05. The van der Waals surface area contributed by atoms with Crippen LogP contribution in [0.3, 0.4) is 0 Å². The van der Waals surface area contributed by atoms with Crippen LogP contribution in [-0.2, 0) is 16.0 Å². The molecule has 84 valence electrons. The van der Waals surface area contributed by atoms with Gasteiger partial charge >= 0.3 is 5.97 Å². The van der Waals surface area contributed by atoms with Crippen LogP contribution in [0, 0.1) is 0 Å². The van der Waals surface area contributed by atoms with E-state index in [-0.39, 0.29) is 5.78 Å². The Kier molecular flexibility index (Phi) is 4.45. The van der Waals surface area contributed by atoms with Crippen molar-refractivity contribution in [2.45, 2.75) is 13.3 Å². The Morgan fingerprint density at radius 2 is 1.81 bits per heavy atom. The fourth-order valence-electron chi connectivity index (χ4n) is 1.21. The van der Waals surface area contributed by atoms with Crippen LogP contribution in [0.4, 0.5) is 0 Å². The number of benzene rings is 1. The number of allylic oxidation sites excluding steroid dienone is 1. The topological polar surface area (TPSA) is 43.4 Å². The second-order valence-electron chi connectivity index (χ2n) is 3.27. The van der Waals surface area contributed by atoms with Crippen LogP contribution in [0.15, 0.2) is 36.4 Å². The van der Waals surface area contributed by atoms with Gasteiger partial charge < -0.3 is 4.74 Å². The highest BCUT2D eigenvalue weighted by Crippen LogP contribution is 2.06. The van der Waals surface area contributed by atoms with Crippen molar-refractivity contribution >= 4 is 11.8 Å². The number of esters is 1. The molecular weight excluding hydrogens is 204 g/mol. The van der Waals surface area contributed by atoms with Crippen molar-refractivity contribution in [1.82, 2.24) is 0 Å². The van der Waals surface area contributed by atoms with E-state index in [1.54, 1.807) is 12.1 Å². The molecule has 0 atom stereocenters. The lowest BCUT2D eigenvalue weighted by atomic mass is 10.1. The minimum Gasteiger partial charge on any atom is -0.466 e. The maximum atomic E-state index is 11.6. The Hall–Kier alpha value is -1.90. The number of ketones is 1. The number of hydrogen-bond donors (Lipinski definition) is 0. The summed E-state index contributed by atoms with van der Waals surface area (Å²) in [5.74, 6) is -0.730. The SMILES string of the molecule is CCc1ccc(C(=O)/C=C/C(=O)OC)cc1. The van der Waals surface area contributed by atoms with Crippen LogP contribution < -0.4 is 0 Å². The third kappa shape index (κ3) is 3.35. The van der Waals surface area contributed by atoms with Crippen LogP contribution >= 0.6 is 0 Å². The molecule has 1 aromatic rings. The molecule has 0 saturated carbocycles. The average molecular weight is 218 g/mol. The van der Waals surface area contributed by atoms with Gasteiger partial charge in [-0.15, -0.1) is 0 Å². The Bertz CT molecular complexity index is 402. The Balaban J connectivity index is 2.73. The highest BCUT2D eigenvalue weighted by atomic mass is 16.5. The molecule has 0 saturated heterocycles. The summed E-state index contributed by atoms with van der Waals surface area (Å²) < 4.78 is 4.40. The zero-order valence-corrected chi connectivity index (χ0v) is 9.40. The van der Waals surface area contributed by atoms with Gasteiger partial charge in [-0.2, -0.15) is 0 Å². The zero-order valence-electron chi connectivity index (χ0n) is 9.40. The third-order valence-corrected chi connectivity index (χ3v) is 2.22. The van der Waals surface area contributed by atoms with Gasteiger partial charge in [0.2, 0.25) is 0 Å².